The van der Waals surface area contributed by atoms with Gasteiger partial charge in [-0.15, -0.1) is 0 Å². The number of hydrogen-bond donors (Lipinski definition) is 0. The molecule has 1 heterocycles. The van der Waals surface area contributed by atoms with E-state index in [0.717, 1.165) is 21.6 Å². The Balaban J connectivity index is 2.21. The van der Waals surface area contributed by atoms with Gasteiger partial charge in [0.05, 0.1) is 6.21 Å². The second-order valence-corrected chi connectivity index (χ2v) is 4.72. The van der Waals surface area contributed by atoms with Crippen molar-refractivity contribution in [2.24, 2.45) is 5.10 Å². The summed E-state index contributed by atoms with van der Waals surface area (Å²) in [6.45, 7) is 0. The van der Waals surface area contributed by atoms with Gasteiger partial charge in [-0.1, -0.05) is 28.1 Å². The summed E-state index contributed by atoms with van der Waals surface area (Å²) in [6.07, 6.45) is 1.70. The van der Waals surface area contributed by atoms with Gasteiger partial charge >= 0.3 is 0 Å². The Hall–Kier alpha value is -1.55. The molecule has 3 nitrogen and oxygen atoms in total. The third-order valence-electron chi connectivity index (χ3n) is 2.17. The Morgan fingerprint density at radius 2 is 1.82 bits per heavy atom. The summed E-state index contributed by atoms with van der Waals surface area (Å²) in [6, 6.07) is 11.9. The third-order valence-corrected chi connectivity index (χ3v) is 2.70. The monoisotopic (exact) mass is 292 g/mol. The van der Waals surface area contributed by atoms with E-state index in [1.165, 1.54) is 0 Å². The van der Waals surface area contributed by atoms with Crippen LogP contribution in [0, 0.1) is 0 Å². The standard InChI is InChI=1S/C13H13BrN2O/c1-16(2)15-9-12-7-8-13(17-12)10-3-5-11(14)6-4-10/h3-9H,1-2H3/b15-9+. The topological polar surface area (TPSA) is 28.7 Å². The predicted octanol–water partition coefficient (Wildman–Crippen LogP) is 3.60. The maximum absolute atomic E-state index is 5.67. The van der Waals surface area contributed by atoms with E-state index in [1.807, 2.05) is 50.5 Å². The molecule has 17 heavy (non-hydrogen) atoms. The van der Waals surface area contributed by atoms with Crippen LogP contribution in [0.25, 0.3) is 11.3 Å². The van der Waals surface area contributed by atoms with E-state index in [0.29, 0.717) is 0 Å². The molecule has 0 spiro atoms. The molecule has 1 aromatic carbocycles. The lowest BCUT2D eigenvalue weighted by atomic mass is 10.2. The summed E-state index contributed by atoms with van der Waals surface area (Å²) in [5.74, 6) is 1.59. The molecule has 0 unspecified atom stereocenters. The molecule has 2 aromatic rings. The molecular weight excluding hydrogens is 280 g/mol. The smallest absolute Gasteiger partial charge is 0.147 e. The molecule has 88 valence electrons. The van der Waals surface area contributed by atoms with Gasteiger partial charge in [0.1, 0.15) is 11.5 Å². The van der Waals surface area contributed by atoms with Crippen molar-refractivity contribution in [2.75, 3.05) is 14.1 Å². The first-order valence-electron chi connectivity index (χ1n) is 5.22. The zero-order chi connectivity index (χ0) is 12.3. The van der Waals surface area contributed by atoms with Gasteiger partial charge < -0.3 is 9.43 Å². The van der Waals surface area contributed by atoms with E-state index in [-0.39, 0.29) is 0 Å². The number of hydrazone groups is 1. The van der Waals surface area contributed by atoms with E-state index in [4.69, 9.17) is 4.42 Å². The van der Waals surface area contributed by atoms with Gasteiger partial charge in [0.2, 0.25) is 0 Å². The van der Waals surface area contributed by atoms with Crippen molar-refractivity contribution >= 4 is 22.1 Å². The van der Waals surface area contributed by atoms with Crippen LogP contribution in [0.2, 0.25) is 0 Å². The van der Waals surface area contributed by atoms with Crippen LogP contribution in [0.1, 0.15) is 5.76 Å². The second kappa shape index (κ2) is 5.19. The molecule has 0 saturated carbocycles. The molecule has 0 N–H and O–H groups in total. The van der Waals surface area contributed by atoms with Crippen LogP contribution in [0.5, 0.6) is 0 Å². The number of halogens is 1. The molecule has 0 fully saturated rings. The van der Waals surface area contributed by atoms with Gasteiger partial charge in [-0.05, 0) is 24.3 Å². The molecule has 0 radical (unpaired) electrons. The Bertz CT molecular complexity index is 514. The fraction of sp³-hybridized carbons (Fsp3) is 0.154. The molecule has 0 amide bonds. The lowest BCUT2D eigenvalue weighted by molar-refractivity contribution is 0.438. The van der Waals surface area contributed by atoms with Gasteiger partial charge in [-0.25, -0.2) is 0 Å². The number of hydrogen-bond acceptors (Lipinski definition) is 3. The van der Waals surface area contributed by atoms with Crippen LogP contribution in [0.15, 0.2) is 50.4 Å². The van der Waals surface area contributed by atoms with Crippen LogP contribution in [-0.2, 0) is 0 Å². The fourth-order valence-electron chi connectivity index (χ4n) is 1.36. The summed E-state index contributed by atoms with van der Waals surface area (Å²) < 4.78 is 6.73. The summed E-state index contributed by atoms with van der Waals surface area (Å²) in [5.41, 5.74) is 1.05. The van der Waals surface area contributed by atoms with Crippen LogP contribution in [0.4, 0.5) is 0 Å². The lowest BCUT2D eigenvalue weighted by Crippen LogP contribution is -2.01. The largest absolute Gasteiger partial charge is 0.455 e. The summed E-state index contributed by atoms with van der Waals surface area (Å²) >= 11 is 3.41. The molecule has 2 rings (SSSR count). The number of rotatable bonds is 3. The zero-order valence-corrected chi connectivity index (χ0v) is 11.3. The highest BCUT2D eigenvalue weighted by Gasteiger charge is 2.03. The normalized spacial score (nSPS) is 11.0. The number of nitrogens with zero attached hydrogens (tertiary/aromatic N) is 2. The van der Waals surface area contributed by atoms with E-state index >= 15 is 0 Å². The van der Waals surface area contributed by atoms with Gasteiger partial charge in [0.25, 0.3) is 0 Å². The fourth-order valence-corrected chi connectivity index (χ4v) is 1.63. The van der Waals surface area contributed by atoms with E-state index < -0.39 is 0 Å². The Kier molecular flexibility index (Phi) is 3.64. The molecular formula is C13H13BrN2O. The minimum absolute atomic E-state index is 0.747. The van der Waals surface area contributed by atoms with Crippen molar-refractivity contribution in [3.05, 3.63) is 46.6 Å². The number of furan rings is 1. The molecule has 0 saturated heterocycles. The first kappa shape index (κ1) is 11.9. The molecule has 0 aliphatic carbocycles. The van der Waals surface area contributed by atoms with Crippen molar-refractivity contribution in [1.82, 2.24) is 5.01 Å². The Labute approximate surface area is 109 Å². The summed E-state index contributed by atoms with van der Waals surface area (Å²) in [4.78, 5) is 0. The van der Waals surface area contributed by atoms with Gasteiger partial charge in [0, 0.05) is 24.1 Å². The van der Waals surface area contributed by atoms with Crippen molar-refractivity contribution in [3.63, 3.8) is 0 Å². The van der Waals surface area contributed by atoms with Crippen LogP contribution < -0.4 is 0 Å². The van der Waals surface area contributed by atoms with Crippen molar-refractivity contribution in [2.45, 2.75) is 0 Å². The molecule has 1 aromatic heterocycles. The number of benzene rings is 1. The second-order valence-electron chi connectivity index (χ2n) is 3.80. The van der Waals surface area contributed by atoms with Crippen LogP contribution in [0.3, 0.4) is 0 Å². The van der Waals surface area contributed by atoms with E-state index in [9.17, 15) is 0 Å². The molecule has 0 aliphatic rings. The molecule has 0 atom stereocenters. The maximum atomic E-state index is 5.67. The first-order chi connectivity index (χ1) is 8.15. The minimum Gasteiger partial charge on any atom is -0.455 e. The molecule has 4 heteroatoms. The Morgan fingerprint density at radius 3 is 2.47 bits per heavy atom. The van der Waals surface area contributed by atoms with E-state index in [1.54, 1.807) is 11.2 Å². The van der Waals surface area contributed by atoms with E-state index in [2.05, 4.69) is 21.0 Å². The predicted molar refractivity (Wildman–Crippen MR) is 73.1 cm³/mol. The molecule has 0 aliphatic heterocycles. The lowest BCUT2D eigenvalue weighted by Gasteiger charge is -2.00. The third kappa shape index (κ3) is 3.20. The average molecular weight is 293 g/mol. The summed E-state index contributed by atoms with van der Waals surface area (Å²) in [7, 11) is 3.74. The molecule has 0 bridgehead atoms. The van der Waals surface area contributed by atoms with Crippen LogP contribution in [-0.4, -0.2) is 25.3 Å². The van der Waals surface area contributed by atoms with Crippen LogP contribution >= 0.6 is 15.9 Å². The first-order valence-corrected chi connectivity index (χ1v) is 6.01. The summed E-state index contributed by atoms with van der Waals surface area (Å²) in [5, 5.41) is 5.85. The van der Waals surface area contributed by atoms with Crippen molar-refractivity contribution in [1.29, 1.82) is 0 Å². The van der Waals surface area contributed by atoms with Crippen molar-refractivity contribution in [3.8, 4) is 11.3 Å². The highest BCUT2D eigenvalue weighted by atomic mass is 79.9. The quantitative estimate of drug-likeness (QED) is 0.639. The highest BCUT2D eigenvalue weighted by Crippen LogP contribution is 2.23. The SMILES string of the molecule is CN(C)/N=C/c1ccc(-c2ccc(Br)cc2)o1. The highest BCUT2D eigenvalue weighted by molar-refractivity contribution is 9.10. The zero-order valence-electron chi connectivity index (χ0n) is 9.72. The maximum Gasteiger partial charge on any atom is 0.147 e. The Morgan fingerprint density at radius 1 is 1.12 bits per heavy atom. The minimum atomic E-state index is 0.747. The van der Waals surface area contributed by atoms with Gasteiger partial charge in [-0.3, -0.25) is 0 Å². The van der Waals surface area contributed by atoms with Crippen molar-refractivity contribution < 1.29 is 4.42 Å². The average Bonchev–Trinajstić information content (AvgIpc) is 2.76. The van der Waals surface area contributed by atoms with Gasteiger partial charge in [-0.2, -0.15) is 5.10 Å². The van der Waals surface area contributed by atoms with Gasteiger partial charge in [0.15, 0.2) is 0 Å².